The van der Waals surface area contributed by atoms with Gasteiger partial charge in [0.2, 0.25) is 0 Å². The van der Waals surface area contributed by atoms with Gasteiger partial charge in [-0.05, 0) is 30.9 Å². The van der Waals surface area contributed by atoms with Crippen molar-refractivity contribution in [2.24, 2.45) is 5.92 Å². The number of pyridine rings is 1. The number of aliphatic hydroxyl groups is 1. The first-order chi connectivity index (χ1) is 8.19. The molecule has 0 spiro atoms. The smallest absolute Gasteiger partial charge is 0.0623 e. The van der Waals surface area contributed by atoms with Crippen LogP contribution in [0.5, 0.6) is 0 Å². The van der Waals surface area contributed by atoms with E-state index in [0.717, 1.165) is 18.5 Å². The largest absolute Gasteiger partial charge is 0.392 e. The van der Waals surface area contributed by atoms with Gasteiger partial charge in [-0.3, -0.25) is 4.98 Å². The molecule has 96 valence electrons. The fraction of sp³-hybridized carbons (Fsp3) is 0.667. The highest BCUT2D eigenvalue weighted by molar-refractivity contribution is 5.18. The second-order valence-electron chi connectivity index (χ2n) is 4.85. The normalized spacial score (nSPS) is 14.6. The highest BCUT2D eigenvalue weighted by atomic mass is 16.3. The molecule has 0 amide bonds. The fourth-order valence-electron chi connectivity index (χ4n) is 2.23. The van der Waals surface area contributed by atoms with E-state index in [9.17, 15) is 5.11 Å². The Labute approximate surface area is 105 Å². The molecule has 17 heavy (non-hydrogen) atoms. The first-order valence-corrected chi connectivity index (χ1v) is 6.77. The van der Waals surface area contributed by atoms with Crippen molar-refractivity contribution in [3.63, 3.8) is 0 Å². The van der Waals surface area contributed by atoms with E-state index >= 15 is 0 Å². The third-order valence-electron chi connectivity index (χ3n) is 3.52. The van der Waals surface area contributed by atoms with Gasteiger partial charge in [-0.15, -0.1) is 0 Å². The number of hydrogen-bond acceptors (Lipinski definition) is 2. The molecular weight excluding hydrogens is 210 g/mol. The first kappa shape index (κ1) is 14.2. The van der Waals surface area contributed by atoms with Gasteiger partial charge >= 0.3 is 0 Å². The molecule has 0 aliphatic heterocycles. The monoisotopic (exact) mass is 235 g/mol. The van der Waals surface area contributed by atoms with Crippen LogP contribution in [0.2, 0.25) is 0 Å². The minimum absolute atomic E-state index is 0.250. The maximum atomic E-state index is 10.3. The van der Waals surface area contributed by atoms with Gasteiger partial charge in [0.05, 0.1) is 6.10 Å². The van der Waals surface area contributed by atoms with Crippen molar-refractivity contribution in [2.75, 3.05) is 0 Å². The molecule has 0 bridgehead atoms. The van der Waals surface area contributed by atoms with E-state index in [-0.39, 0.29) is 6.10 Å². The third-order valence-corrected chi connectivity index (χ3v) is 3.52. The minimum Gasteiger partial charge on any atom is -0.392 e. The molecule has 0 saturated heterocycles. The van der Waals surface area contributed by atoms with E-state index < -0.39 is 0 Å². The van der Waals surface area contributed by atoms with E-state index in [1.807, 2.05) is 12.3 Å². The lowest BCUT2D eigenvalue weighted by molar-refractivity contribution is 0.0977. The van der Waals surface area contributed by atoms with Crippen molar-refractivity contribution in [3.8, 4) is 0 Å². The van der Waals surface area contributed by atoms with Crippen LogP contribution in [0.25, 0.3) is 0 Å². The molecule has 0 aliphatic rings. The van der Waals surface area contributed by atoms with Gasteiger partial charge < -0.3 is 5.11 Å². The van der Waals surface area contributed by atoms with E-state index in [2.05, 4.69) is 31.8 Å². The van der Waals surface area contributed by atoms with Crippen molar-refractivity contribution in [2.45, 2.75) is 59.0 Å². The van der Waals surface area contributed by atoms with Crippen molar-refractivity contribution in [3.05, 3.63) is 29.6 Å². The topological polar surface area (TPSA) is 33.1 Å². The van der Waals surface area contributed by atoms with Crippen LogP contribution in [0, 0.1) is 12.8 Å². The molecule has 2 atom stereocenters. The Morgan fingerprint density at radius 3 is 2.71 bits per heavy atom. The molecule has 0 fully saturated rings. The Morgan fingerprint density at radius 2 is 2.12 bits per heavy atom. The molecule has 1 aromatic rings. The summed E-state index contributed by atoms with van der Waals surface area (Å²) in [6.45, 7) is 6.42. The van der Waals surface area contributed by atoms with E-state index in [1.54, 1.807) is 0 Å². The Bertz CT molecular complexity index is 324. The molecule has 0 radical (unpaired) electrons. The number of aryl methyl sites for hydroxylation is 1. The summed E-state index contributed by atoms with van der Waals surface area (Å²) in [6, 6.07) is 4.00. The van der Waals surface area contributed by atoms with Crippen LogP contribution in [0.4, 0.5) is 0 Å². The second kappa shape index (κ2) is 7.44. The van der Waals surface area contributed by atoms with Crippen molar-refractivity contribution < 1.29 is 5.11 Å². The van der Waals surface area contributed by atoms with Crippen LogP contribution in [-0.2, 0) is 6.42 Å². The maximum absolute atomic E-state index is 10.3. The third kappa shape index (κ3) is 4.47. The lowest BCUT2D eigenvalue weighted by atomic mass is 9.90. The maximum Gasteiger partial charge on any atom is 0.0623 e. The average Bonchev–Trinajstić information content (AvgIpc) is 2.33. The fourth-order valence-corrected chi connectivity index (χ4v) is 2.23. The van der Waals surface area contributed by atoms with Gasteiger partial charge in [0.15, 0.2) is 0 Å². The summed E-state index contributed by atoms with van der Waals surface area (Å²) in [5, 5.41) is 10.3. The zero-order valence-corrected chi connectivity index (χ0v) is 11.3. The summed E-state index contributed by atoms with van der Waals surface area (Å²) >= 11 is 0. The number of aromatic nitrogens is 1. The number of nitrogens with zero attached hydrogens (tertiary/aromatic N) is 1. The van der Waals surface area contributed by atoms with Crippen LogP contribution < -0.4 is 0 Å². The molecular formula is C15H25NO. The van der Waals surface area contributed by atoms with Crippen LogP contribution in [0.1, 0.15) is 50.8 Å². The molecule has 1 rings (SSSR count). The Hall–Kier alpha value is -0.890. The first-order valence-electron chi connectivity index (χ1n) is 6.77. The summed E-state index contributed by atoms with van der Waals surface area (Å²) in [5.74, 6) is 0.413. The van der Waals surface area contributed by atoms with Crippen LogP contribution in [0.15, 0.2) is 18.3 Å². The zero-order valence-electron chi connectivity index (χ0n) is 11.3. The molecule has 0 saturated carbocycles. The number of rotatable bonds is 7. The van der Waals surface area contributed by atoms with Crippen molar-refractivity contribution in [1.29, 1.82) is 0 Å². The molecule has 2 heteroatoms. The summed E-state index contributed by atoms with van der Waals surface area (Å²) < 4.78 is 0. The summed E-state index contributed by atoms with van der Waals surface area (Å²) in [5.41, 5.74) is 2.21. The standard InChI is InChI=1S/C15H25NO/c1-4-6-9-13(5-2)15(17)11-14-12(3)8-7-10-16-14/h7-8,10,13,15,17H,4-6,9,11H2,1-3H3. The summed E-state index contributed by atoms with van der Waals surface area (Å²) in [6.07, 6.45) is 6.83. The quantitative estimate of drug-likeness (QED) is 0.784. The van der Waals surface area contributed by atoms with Crippen molar-refractivity contribution >= 4 is 0 Å². The van der Waals surface area contributed by atoms with Crippen molar-refractivity contribution in [1.82, 2.24) is 4.98 Å². The zero-order chi connectivity index (χ0) is 12.7. The van der Waals surface area contributed by atoms with Crippen LogP contribution in [0.3, 0.4) is 0 Å². The molecule has 0 aromatic carbocycles. The highest BCUT2D eigenvalue weighted by Gasteiger charge is 2.18. The van der Waals surface area contributed by atoms with Gasteiger partial charge in [0, 0.05) is 18.3 Å². The van der Waals surface area contributed by atoms with Crippen LogP contribution in [-0.4, -0.2) is 16.2 Å². The molecule has 2 unspecified atom stereocenters. The predicted octanol–water partition coefficient (Wildman–Crippen LogP) is 3.51. The van der Waals surface area contributed by atoms with E-state index in [1.165, 1.54) is 18.4 Å². The molecule has 1 aromatic heterocycles. The minimum atomic E-state index is -0.250. The summed E-state index contributed by atoms with van der Waals surface area (Å²) in [4.78, 5) is 4.36. The Balaban J connectivity index is 2.57. The number of unbranched alkanes of at least 4 members (excludes halogenated alkanes) is 1. The lowest BCUT2D eigenvalue weighted by Gasteiger charge is -2.21. The molecule has 1 N–H and O–H groups in total. The van der Waals surface area contributed by atoms with Gasteiger partial charge in [-0.25, -0.2) is 0 Å². The number of aliphatic hydroxyl groups excluding tert-OH is 1. The van der Waals surface area contributed by atoms with Gasteiger partial charge in [0.1, 0.15) is 0 Å². The molecule has 2 nitrogen and oxygen atoms in total. The second-order valence-corrected chi connectivity index (χ2v) is 4.85. The van der Waals surface area contributed by atoms with E-state index in [4.69, 9.17) is 0 Å². The molecule has 1 heterocycles. The van der Waals surface area contributed by atoms with Crippen LogP contribution >= 0.6 is 0 Å². The van der Waals surface area contributed by atoms with E-state index in [0.29, 0.717) is 12.3 Å². The Kier molecular flexibility index (Phi) is 6.20. The summed E-state index contributed by atoms with van der Waals surface area (Å²) in [7, 11) is 0. The molecule has 0 aliphatic carbocycles. The predicted molar refractivity (Wildman–Crippen MR) is 72.0 cm³/mol. The lowest BCUT2D eigenvalue weighted by Crippen LogP contribution is -2.23. The SMILES string of the molecule is CCCCC(CC)C(O)Cc1ncccc1C. The van der Waals surface area contributed by atoms with Gasteiger partial charge in [0.25, 0.3) is 0 Å². The number of hydrogen-bond donors (Lipinski definition) is 1. The van der Waals surface area contributed by atoms with Gasteiger partial charge in [-0.2, -0.15) is 0 Å². The van der Waals surface area contributed by atoms with Gasteiger partial charge in [-0.1, -0.05) is 39.2 Å². The Morgan fingerprint density at radius 1 is 1.35 bits per heavy atom. The highest BCUT2D eigenvalue weighted by Crippen LogP contribution is 2.20. The average molecular weight is 235 g/mol.